The van der Waals surface area contributed by atoms with Crippen LogP contribution in [0.3, 0.4) is 0 Å². The van der Waals surface area contributed by atoms with E-state index in [1.165, 1.54) is 0 Å². The molecule has 1 saturated heterocycles. The maximum absolute atomic E-state index is 5.74. The van der Waals surface area contributed by atoms with Gasteiger partial charge in [0.15, 0.2) is 5.96 Å². The Morgan fingerprint density at radius 3 is 2.90 bits per heavy atom. The molecule has 0 aliphatic carbocycles. The van der Waals surface area contributed by atoms with Crippen LogP contribution in [0.2, 0.25) is 0 Å². The minimum Gasteiger partial charge on any atom is -0.381 e. The molecular weight excluding hydrogens is 481 g/mol. The number of nitrogens with zero attached hydrogens (tertiary/aromatic N) is 3. The fraction of sp³-hybridized carbons (Fsp3) is 0.524. The molecule has 1 aromatic carbocycles. The number of hydrogen-bond acceptors (Lipinski definition) is 4. The second kappa shape index (κ2) is 13.6. The van der Waals surface area contributed by atoms with Crippen LogP contribution in [0.15, 0.2) is 47.6 Å². The second-order valence-electron chi connectivity index (χ2n) is 6.87. The first-order valence-electron chi connectivity index (χ1n) is 10.1. The first-order valence-corrected chi connectivity index (χ1v) is 10.1. The van der Waals surface area contributed by atoms with E-state index in [2.05, 4.69) is 27.6 Å². The smallest absolute Gasteiger partial charge is 0.191 e. The van der Waals surface area contributed by atoms with Crippen molar-refractivity contribution in [1.29, 1.82) is 0 Å². The molecule has 29 heavy (non-hydrogen) atoms. The molecule has 1 aromatic heterocycles. The average Bonchev–Trinajstić information content (AvgIpc) is 3.41. The van der Waals surface area contributed by atoms with Crippen LogP contribution < -0.4 is 10.6 Å². The monoisotopic (exact) mass is 513 g/mol. The third kappa shape index (κ3) is 8.31. The Hall–Kier alpha value is -1.65. The number of guanidine groups is 1. The van der Waals surface area contributed by atoms with E-state index >= 15 is 0 Å². The zero-order valence-corrected chi connectivity index (χ0v) is 19.4. The Labute approximate surface area is 190 Å². The zero-order valence-electron chi connectivity index (χ0n) is 17.0. The van der Waals surface area contributed by atoms with Crippen molar-refractivity contribution in [3.63, 3.8) is 0 Å². The molecule has 1 fully saturated rings. The molecule has 160 valence electrons. The topological polar surface area (TPSA) is 72.7 Å². The maximum Gasteiger partial charge on any atom is 0.191 e. The molecule has 2 N–H and O–H groups in total. The van der Waals surface area contributed by atoms with Gasteiger partial charge in [0.25, 0.3) is 0 Å². The fourth-order valence-electron chi connectivity index (χ4n) is 3.02. The molecule has 7 nitrogen and oxygen atoms in total. The normalized spacial score (nSPS) is 16.4. The van der Waals surface area contributed by atoms with E-state index < -0.39 is 0 Å². The molecule has 0 bridgehead atoms. The number of ether oxygens (including phenoxy) is 2. The van der Waals surface area contributed by atoms with Crippen LogP contribution in [0.1, 0.15) is 25.5 Å². The van der Waals surface area contributed by atoms with Gasteiger partial charge in [0.05, 0.1) is 31.1 Å². The van der Waals surface area contributed by atoms with Gasteiger partial charge in [-0.05, 0) is 38.0 Å². The van der Waals surface area contributed by atoms with Crippen molar-refractivity contribution >= 4 is 29.9 Å². The maximum atomic E-state index is 5.74. The summed E-state index contributed by atoms with van der Waals surface area (Å²) in [5.74, 6) is 1.38. The predicted octanol–water partition coefficient (Wildman–Crippen LogP) is 2.99. The Balaban J connectivity index is 0.00000300. The number of benzene rings is 1. The Kier molecular flexibility index (Phi) is 11.0. The van der Waals surface area contributed by atoms with Gasteiger partial charge >= 0.3 is 0 Å². The van der Waals surface area contributed by atoms with Gasteiger partial charge in [-0.15, -0.1) is 24.0 Å². The van der Waals surface area contributed by atoms with Crippen molar-refractivity contribution in [3.05, 3.63) is 48.3 Å². The number of rotatable bonds is 10. The summed E-state index contributed by atoms with van der Waals surface area (Å²) in [7, 11) is 0. The molecular formula is C21H32IN5O2. The van der Waals surface area contributed by atoms with Crippen LogP contribution in [-0.2, 0) is 16.0 Å². The molecule has 1 aliphatic rings. The van der Waals surface area contributed by atoms with Crippen LogP contribution in [-0.4, -0.2) is 55.3 Å². The fourth-order valence-corrected chi connectivity index (χ4v) is 3.02. The highest BCUT2D eigenvalue weighted by Crippen LogP contribution is 2.12. The lowest BCUT2D eigenvalue weighted by molar-refractivity contribution is 0.0888. The first-order chi connectivity index (χ1) is 13.8. The van der Waals surface area contributed by atoms with E-state index in [4.69, 9.17) is 9.47 Å². The largest absolute Gasteiger partial charge is 0.381 e. The lowest BCUT2D eigenvalue weighted by atomic mass is 10.1. The molecule has 1 unspecified atom stereocenters. The molecule has 2 aromatic rings. The Morgan fingerprint density at radius 1 is 1.28 bits per heavy atom. The average molecular weight is 513 g/mol. The highest BCUT2D eigenvalue weighted by atomic mass is 127. The van der Waals surface area contributed by atoms with Crippen molar-refractivity contribution in [2.45, 2.75) is 26.3 Å². The predicted molar refractivity (Wildman–Crippen MR) is 126 cm³/mol. The second-order valence-corrected chi connectivity index (χ2v) is 6.87. The van der Waals surface area contributed by atoms with E-state index in [0.29, 0.717) is 12.5 Å². The summed E-state index contributed by atoms with van der Waals surface area (Å²) in [6, 6.07) is 12.1. The molecule has 8 heteroatoms. The first kappa shape index (κ1) is 23.6. The van der Waals surface area contributed by atoms with E-state index in [9.17, 15) is 0 Å². The molecule has 3 rings (SSSR count). The van der Waals surface area contributed by atoms with Crippen LogP contribution in [0.4, 0.5) is 0 Å². The molecule has 0 radical (unpaired) electrons. The Bertz CT molecular complexity index is 717. The van der Waals surface area contributed by atoms with E-state index in [0.717, 1.165) is 69.7 Å². The number of para-hydroxylation sites is 1. The number of aliphatic imine (C=N–C) groups is 1. The standard InChI is InChI=1S/C21H31N5O2.HI/c1-2-22-21(23-11-6-13-27-16-18-10-14-28-17-18)24-15-19-9-12-26(25-19)20-7-4-3-5-8-20;/h3-5,7-9,12,18H,2,6,10-11,13-17H2,1H3,(H2,22,23,24);1H. The molecule has 0 saturated carbocycles. The Morgan fingerprint density at radius 2 is 2.14 bits per heavy atom. The molecule has 0 amide bonds. The van der Waals surface area contributed by atoms with E-state index in [1.807, 2.05) is 47.3 Å². The molecule has 0 spiro atoms. The van der Waals surface area contributed by atoms with Gasteiger partial charge in [0.2, 0.25) is 0 Å². The van der Waals surface area contributed by atoms with Crippen LogP contribution >= 0.6 is 24.0 Å². The van der Waals surface area contributed by atoms with Crippen molar-refractivity contribution in [2.24, 2.45) is 10.9 Å². The highest BCUT2D eigenvalue weighted by molar-refractivity contribution is 14.0. The number of nitrogens with one attached hydrogen (secondary N) is 2. The minimum atomic E-state index is 0. The summed E-state index contributed by atoms with van der Waals surface area (Å²) in [5, 5.41) is 11.2. The van der Waals surface area contributed by atoms with Gasteiger partial charge in [-0.3, -0.25) is 0 Å². The quantitative estimate of drug-likeness (QED) is 0.221. The van der Waals surface area contributed by atoms with Gasteiger partial charge in [0, 0.05) is 38.4 Å². The summed E-state index contributed by atoms with van der Waals surface area (Å²) in [6.45, 7) is 7.52. The number of halogens is 1. The van der Waals surface area contributed by atoms with Crippen molar-refractivity contribution in [3.8, 4) is 5.69 Å². The number of aromatic nitrogens is 2. The summed E-state index contributed by atoms with van der Waals surface area (Å²) in [5.41, 5.74) is 1.98. The summed E-state index contributed by atoms with van der Waals surface area (Å²) in [4.78, 5) is 4.63. The van der Waals surface area contributed by atoms with Crippen LogP contribution in [0.5, 0.6) is 0 Å². The van der Waals surface area contributed by atoms with E-state index in [-0.39, 0.29) is 24.0 Å². The van der Waals surface area contributed by atoms with Gasteiger partial charge in [-0.1, -0.05) is 18.2 Å². The van der Waals surface area contributed by atoms with Crippen LogP contribution in [0, 0.1) is 5.92 Å². The summed E-state index contributed by atoms with van der Waals surface area (Å²) < 4.78 is 13.0. The van der Waals surface area contributed by atoms with Crippen molar-refractivity contribution in [2.75, 3.05) is 39.5 Å². The van der Waals surface area contributed by atoms with Crippen molar-refractivity contribution in [1.82, 2.24) is 20.4 Å². The third-order valence-corrected chi connectivity index (χ3v) is 4.54. The minimum absolute atomic E-state index is 0. The van der Waals surface area contributed by atoms with Crippen molar-refractivity contribution < 1.29 is 9.47 Å². The van der Waals surface area contributed by atoms with Gasteiger partial charge < -0.3 is 20.1 Å². The summed E-state index contributed by atoms with van der Waals surface area (Å²) >= 11 is 0. The van der Waals surface area contributed by atoms with Gasteiger partial charge in [-0.25, -0.2) is 9.67 Å². The van der Waals surface area contributed by atoms with Gasteiger partial charge in [0.1, 0.15) is 0 Å². The lowest BCUT2D eigenvalue weighted by Gasteiger charge is -2.12. The zero-order chi connectivity index (χ0) is 19.4. The highest BCUT2D eigenvalue weighted by Gasteiger charge is 2.15. The summed E-state index contributed by atoms with van der Waals surface area (Å²) in [6.07, 6.45) is 4.03. The number of hydrogen-bond donors (Lipinski definition) is 2. The molecule has 1 aliphatic heterocycles. The van der Waals surface area contributed by atoms with E-state index in [1.54, 1.807) is 0 Å². The molecule has 1 atom stereocenters. The van der Waals surface area contributed by atoms with Gasteiger partial charge in [-0.2, -0.15) is 5.10 Å². The SMILES string of the molecule is CCNC(=NCc1ccn(-c2ccccc2)n1)NCCCOCC1CCOC1.I. The lowest BCUT2D eigenvalue weighted by Crippen LogP contribution is -2.38. The third-order valence-electron chi connectivity index (χ3n) is 4.54. The van der Waals surface area contributed by atoms with Crippen LogP contribution in [0.25, 0.3) is 5.69 Å². The molecule has 2 heterocycles.